The van der Waals surface area contributed by atoms with Gasteiger partial charge in [0.2, 0.25) is 0 Å². The number of aryl methyl sites for hydroxylation is 1. The maximum absolute atomic E-state index is 14.5. The Bertz CT molecular complexity index is 1290. The van der Waals surface area contributed by atoms with Crippen LogP contribution in [-0.2, 0) is 11.3 Å². The normalized spacial score (nSPS) is 23.3. The van der Waals surface area contributed by atoms with Gasteiger partial charge in [0.15, 0.2) is 0 Å². The Hall–Kier alpha value is -3.33. The van der Waals surface area contributed by atoms with Gasteiger partial charge in [0.1, 0.15) is 28.9 Å². The topological polar surface area (TPSA) is 88.7 Å². The second-order valence-electron chi connectivity index (χ2n) is 10.1. The zero-order valence-electron chi connectivity index (χ0n) is 19.9. The van der Waals surface area contributed by atoms with Gasteiger partial charge >= 0.3 is 5.97 Å². The van der Waals surface area contributed by atoms with Gasteiger partial charge in [-0.25, -0.2) is 18.6 Å². The Morgan fingerprint density at radius 2 is 1.86 bits per heavy atom. The Kier molecular flexibility index (Phi) is 5.75. The summed E-state index contributed by atoms with van der Waals surface area (Å²) in [7, 11) is 0. The van der Waals surface area contributed by atoms with E-state index in [2.05, 4.69) is 15.0 Å². The number of anilines is 1. The number of carboxylic acid groups (broad SMARTS) is 1. The number of aromatic nitrogens is 2. The van der Waals surface area contributed by atoms with Gasteiger partial charge in [-0.15, -0.1) is 0 Å². The van der Waals surface area contributed by atoms with Crippen molar-refractivity contribution in [1.29, 1.82) is 0 Å². The van der Waals surface area contributed by atoms with Crippen molar-refractivity contribution in [3.8, 4) is 11.3 Å². The summed E-state index contributed by atoms with van der Waals surface area (Å²) in [5.41, 5.74) is 1.68. The molecule has 1 aromatic carbocycles. The fourth-order valence-corrected chi connectivity index (χ4v) is 5.81. The molecule has 6 rings (SSSR count). The molecule has 3 aliphatic rings. The number of carbonyl (C=O) groups is 1. The summed E-state index contributed by atoms with van der Waals surface area (Å²) in [5.74, 6) is -0.600. The third-order valence-corrected chi connectivity index (χ3v) is 7.66. The zero-order valence-corrected chi connectivity index (χ0v) is 19.9. The fourth-order valence-electron chi connectivity index (χ4n) is 5.81. The van der Waals surface area contributed by atoms with Crippen LogP contribution in [0.3, 0.4) is 0 Å². The second kappa shape index (κ2) is 8.96. The largest absolute Gasteiger partial charge is 0.478 e. The average Bonchev–Trinajstić information content (AvgIpc) is 3.56. The number of nitrogens with zero attached hydrogens (tertiary/aromatic N) is 3. The van der Waals surface area contributed by atoms with E-state index >= 15 is 0 Å². The molecule has 2 atom stereocenters. The number of piperidine rings is 1. The molecule has 3 aromatic rings. The van der Waals surface area contributed by atoms with Crippen LogP contribution >= 0.6 is 0 Å². The number of carboxylic acids is 1. The van der Waals surface area contributed by atoms with Crippen molar-refractivity contribution in [2.24, 2.45) is 0 Å². The first-order valence-corrected chi connectivity index (χ1v) is 12.4. The molecule has 0 radical (unpaired) electrons. The molecule has 4 heterocycles. The maximum atomic E-state index is 14.5. The van der Waals surface area contributed by atoms with E-state index in [0.717, 1.165) is 49.9 Å². The second-order valence-corrected chi connectivity index (χ2v) is 10.1. The lowest BCUT2D eigenvalue weighted by molar-refractivity contribution is 0.0145. The number of benzene rings is 1. The lowest BCUT2D eigenvalue weighted by Crippen LogP contribution is -2.46. The molecule has 2 unspecified atom stereocenters. The first-order valence-electron chi connectivity index (χ1n) is 12.4. The third-order valence-electron chi connectivity index (χ3n) is 7.66. The molecule has 2 aliphatic heterocycles. The summed E-state index contributed by atoms with van der Waals surface area (Å²) in [6, 6.07) is 5.93. The molecule has 188 valence electrons. The Morgan fingerprint density at radius 1 is 1.17 bits per heavy atom. The highest BCUT2D eigenvalue weighted by Crippen LogP contribution is 2.46. The van der Waals surface area contributed by atoms with Crippen LogP contribution in [0.2, 0.25) is 0 Å². The minimum atomic E-state index is -0.985. The third kappa shape index (κ3) is 4.05. The zero-order chi connectivity index (χ0) is 25.0. The fraction of sp³-hybridized carbons (Fsp3) is 0.444. The van der Waals surface area contributed by atoms with E-state index in [-0.39, 0.29) is 47.5 Å². The van der Waals surface area contributed by atoms with E-state index < -0.39 is 17.6 Å². The van der Waals surface area contributed by atoms with Gasteiger partial charge in [-0.2, -0.15) is 0 Å². The maximum Gasteiger partial charge on any atom is 0.337 e. The first kappa shape index (κ1) is 23.1. The highest BCUT2D eigenvalue weighted by atomic mass is 19.1. The molecule has 2 bridgehead atoms. The SMILES string of the molecule is Cc1cc(C(=O)O)cnc1N1C2CCC1CC(OCc1c(-c3c(F)cccc3F)noc1C1CC1)C2. The van der Waals surface area contributed by atoms with E-state index in [4.69, 9.17) is 9.26 Å². The van der Waals surface area contributed by atoms with Crippen LogP contribution in [0.25, 0.3) is 11.3 Å². The first-order chi connectivity index (χ1) is 17.4. The van der Waals surface area contributed by atoms with E-state index in [1.165, 1.54) is 24.4 Å². The molecule has 2 aromatic heterocycles. The molecular weight excluding hydrogens is 468 g/mol. The van der Waals surface area contributed by atoms with Gasteiger partial charge in [0.25, 0.3) is 0 Å². The molecule has 9 heteroatoms. The van der Waals surface area contributed by atoms with Gasteiger partial charge in [0, 0.05) is 29.8 Å². The number of aromatic carboxylic acids is 1. The predicted octanol–water partition coefficient (Wildman–Crippen LogP) is 5.62. The van der Waals surface area contributed by atoms with E-state index in [0.29, 0.717) is 11.3 Å². The molecule has 36 heavy (non-hydrogen) atoms. The van der Waals surface area contributed by atoms with Crippen molar-refractivity contribution in [2.75, 3.05) is 4.90 Å². The van der Waals surface area contributed by atoms with E-state index in [1.807, 2.05) is 6.92 Å². The van der Waals surface area contributed by atoms with Crippen molar-refractivity contribution in [2.45, 2.75) is 76.2 Å². The standard InChI is InChI=1S/C27H27F2N3O4/c1-14-9-16(27(33)34)12-30-26(14)32-17-7-8-18(32)11-19(10-17)35-13-20-24(31-36-25(20)15-5-6-15)23-21(28)3-2-4-22(23)29/h2-4,9,12,15,17-19H,5-8,10-11,13H2,1H3,(H,33,34). The summed E-state index contributed by atoms with van der Waals surface area (Å²) in [6.45, 7) is 2.08. The summed E-state index contributed by atoms with van der Waals surface area (Å²) < 4.78 is 41.0. The molecule has 0 spiro atoms. The number of ether oxygens (including phenoxy) is 1. The molecule has 1 saturated carbocycles. The Morgan fingerprint density at radius 3 is 2.47 bits per heavy atom. The number of hydrogen-bond donors (Lipinski definition) is 1. The Balaban J connectivity index is 1.20. The molecule has 1 N–H and O–H groups in total. The monoisotopic (exact) mass is 495 g/mol. The van der Waals surface area contributed by atoms with Crippen molar-refractivity contribution in [3.05, 3.63) is 64.5 Å². The van der Waals surface area contributed by atoms with Crippen molar-refractivity contribution in [3.63, 3.8) is 0 Å². The highest BCUT2D eigenvalue weighted by Gasteiger charge is 2.43. The van der Waals surface area contributed by atoms with Crippen LogP contribution in [-0.4, -0.2) is 39.4 Å². The van der Waals surface area contributed by atoms with Crippen molar-refractivity contribution in [1.82, 2.24) is 10.1 Å². The van der Waals surface area contributed by atoms with Crippen LogP contribution in [0.15, 0.2) is 35.0 Å². The van der Waals surface area contributed by atoms with E-state index in [1.54, 1.807) is 6.07 Å². The number of pyridine rings is 1. The number of hydrogen-bond acceptors (Lipinski definition) is 6. The van der Waals surface area contributed by atoms with Crippen LogP contribution in [0, 0.1) is 18.6 Å². The lowest BCUT2D eigenvalue weighted by atomic mass is 9.98. The minimum Gasteiger partial charge on any atom is -0.478 e. The van der Waals surface area contributed by atoms with Crippen molar-refractivity contribution < 1.29 is 27.9 Å². The summed E-state index contributed by atoms with van der Waals surface area (Å²) in [6.07, 6.45) is 6.96. The molecule has 2 saturated heterocycles. The Labute approximate surface area is 207 Å². The van der Waals surface area contributed by atoms with Crippen LogP contribution in [0.1, 0.15) is 71.7 Å². The number of halogens is 2. The molecule has 3 fully saturated rings. The number of rotatable bonds is 7. The number of fused-ring (bicyclic) bond motifs is 2. The van der Waals surface area contributed by atoms with Gasteiger partial charge in [-0.3, -0.25) is 0 Å². The van der Waals surface area contributed by atoms with Gasteiger partial charge in [-0.1, -0.05) is 11.2 Å². The van der Waals surface area contributed by atoms with Crippen LogP contribution in [0.5, 0.6) is 0 Å². The lowest BCUT2D eigenvalue weighted by Gasteiger charge is -2.40. The quantitative estimate of drug-likeness (QED) is 0.455. The predicted molar refractivity (Wildman–Crippen MR) is 127 cm³/mol. The van der Waals surface area contributed by atoms with E-state index in [9.17, 15) is 18.7 Å². The summed E-state index contributed by atoms with van der Waals surface area (Å²) in [5, 5.41) is 13.3. The molecule has 1 aliphatic carbocycles. The minimum absolute atomic E-state index is 0.0161. The van der Waals surface area contributed by atoms with Gasteiger partial charge in [-0.05, 0) is 69.2 Å². The van der Waals surface area contributed by atoms with Crippen LogP contribution < -0.4 is 4.90 Å². The average molecular weight is 496 g/mol. The summed E-state index contributed by atoms with van der Waals surface area (Å²) in [4.78, 5) is 18.1. The smallest absolute Gasteiger partial charge is 0.337 e. The highest BCUT2D eigenvalue weighted by molar-refractivity contribution is 5.87. The molecule has 0 amide bonds. The molecular formula is C27H27F2N3O4. The van der Waals surface area contributed by atoms with Gasteiger partial charge < -0.3 is 19.3 Å². The van der Waals surface area contributed by atoms with Gasteiger partial charge in [0.05, 0.1) is 23.8 Å². The summed E-state index contributed by atoms with van der Waals surface area (Å²) >= 11 is 0. The van der Waals surface area contributed by atoms with Crippen LogP contribution in [0.4, 0.5) is 14.6 Å². The van der Waals surface area contributed by atoms with Crippen molar-refractivity contribution >= 4 is 11.8 Å². The molecule has 7 nitrogen and oxygen atoms in total.